The second kappa shape index (κ2) is 6.11. The Bertz CT molecular complexity index is 433. The molecule has 1 fully saturated rings. The fourth-order valence-electron chi connectivity index (χ4n) is 2.83. The highest BCUT2D eigenvalue weighted by Gasteiger charge is 2.35. The highest BCUT2D eigenvalue weighted by Crippen LogP contribution is 2.33. The number of hydrogen-bond donors (Lipinski definition) is 0. The standard InChI is InChI=1S/C16H21NO2/c1-14(19)11-16(13-18)7-9-17(10-8-16)12-15-5-3-2-4-6-15/h2-6,13H,7-12H2,1H3. The first kappa shape index (κ1) is 13.9. The van der Waals surface area contributed by atoms with Crippen LogP contribution < -0.4 is 0 Å². The van der Waals surface area contributed by atoms with Crippen molar-refractivity contribution in [1.82, 2.24) is 4.90 Å². The summed E-state index contributed by atoms with van der Waals surface area (Å²) in [6.07, 6.45) is 3.00. The van der Waals surface area contributed by atoms with E-state index in [1.54, 1.807) is 6.92 Å². The Morgan fingerprint density at radius 2 is 1.89 bits per heavy atom. The summed E-state index contributed by atoms with van der Waals surface area (Å²) in [7, 11) is 0. The molecule has 0 unspecified atom stereocenters. The predicted octanol–water partition coefficient (Wildman–Crippen LogP) is 2.45. The van der Waals surface area contributed by atoms with Gasteiger partial charge in [0.25, 0.3) is 0 Å². The van der Waals surface area contributed by atoms with E-state index in [4.69, 9.17) is 0 Å². The summed E-state index contributed by atoms with van der Waals surface area (Å²) in [5, 5.41) is 0. The molecule has 3 nitrogen and oxygen atoms in total. The van der Waals surface area contributed by atoms with Gasteiger partial charge in [0, 0.05) is 18.4 Å². The Hall–Kier alpha value is -1.48. The van der Waals surface area contributed by atoms with Gasteiger partial charge in [-0.05, 0) is 38.4 Å². The van der Waals surface area contributed by atoms with Crippen LogP contribution in [0.5, 0.6) is 0 Å². The molecule has 1 aliphatic heterocycles. The lowest BCUT2D eigenvalue weighted by atomic mass is 9.76. The van der Waals surface area contributed by atoms with Gasteiger partial charge in [-0.25, -0.2) is 0 Å². The normalized spacial score (nSPS) is 19.0. The van der Waals surface area contributed by atoms with Gasteiger partial charge in [-0.15, -0.1) is 0 Å². The van der Waals surface area contributed by atoms with Gasteiger partial charge in [0.05, 0.1) is 0 Å². The molecule has 0 saturated carbocycles. The molecule has 102 valence electrons. The molecule has 1 saturated heterocycles. The number of piperidine rings is 1. The molecular formula is C16H21NO2. The topological polar surface area (TPSA) is 37.4 Å². The molecular weight excluding hydrogens is 238 g/mol. The molecule has 0 aromatic heterocycles. The van der Waals surface area contributed by atoms with Crippen LogP contribution in [0, 0.1) is 5.41 Å². The number of likely N-dealkylation sites (tertiary alicyclic amines) is 1. The maximum Gasteiger partial charge on any atom is 0.130 e. The van der Waals surface area contributed by atoms with Crippen molar-refractivity contribution in [2.75, 3.05) is 13.1 Å². The van der Waals surface area contributed by atoms with Crippen molar-refractivity contribution in [2.24, 2.45) is 5.41 Å². The van der Waals surface area contributed by atoms with Crippen molar-refractivity contribution in [3.63, 3.8) is 0 Å². The van der Waals surface area contributed by atoms with Crippen LogP contribution in [0.15, 0.2) is 30.3 Å². The highest BCUT2D eigenvalue weighted by molar-refractivity contribution is 5.80. The first-order valence-corrected chi connectivity index (χ1v) is 6.86. The van der Waals surface area contributed by atoms with E-state index in [-0.39, 0.29) is 5.78 Å². The number of Topliss-reactive ketones (excluding diaryl/α,β-unsaturated/α-hetero) is 1. The smallest absolute Gasteiger partial charge is 0.130 e. The first-order valence-electron chi connectivity index (χ1n) is 6.86. The minimum absolute atomic E-state index is 0.114. The summed E-state index contributed by atoms with van der Waals surface area (Å²) in [5.74, 6) is 0.114. The minimum atomic E-state index is -0.404. The van der Waals surface area contributed by atoms with Crippen LogP contribution in [0.1, 0.15) is 31.7 Å². The summed E-state index contributed by atoms with van der Waals surface area (Å²) in [4.78, 5) is 24.9. The molecule has 1 heterocycles. The van der Waals surface area contributed by atoms with E-state index in [2.05, 4.69) is 17.0 Å². The monoisotopic (exact) mass is 259 g/mol. The molecule has 0 spiro atoms. The van der Waals surface area contributed by atoms with Crippen LogP contribution in [0.2, 0.25) is 0 Å². The number of ketones is 1. The van der Waals surface area contributed by atoms with Gasteiger partial charge >= 0.3 is 0 Å². The van der Waals surface area contributed by atoms with E-state index >= 15 is 0 Å². The van der Waals surface area contributed by atoms with Gasteiger partial charge in [0.15, 0.2) is 0 Å². The zero-order chi connectivity index (χ0) is 13.7. The summed E-state index contributed by atoms with van der Waals surface area (Å²) < 4.78 is 0. The van der Waals surface area contributed by atoms with E-state index in [0.29, 0.717) is 6.42 Å². The van der Waals surface area contributed by atoms with Crippen LogP contribution in [0.3, 0.4) is 0 Å². The number of carbonyl (C=O) groups excluding carboxylic acids is 2. The fraction of sp³-hybridized carbons (Fsp3) is 0.500. The van der Waals surface area contributed by atoms with E-state index < -0.39 is 5.41 Å². The Morgan fingerprint density at radius 3 is 2.42 bits per heavy atom. The van der Waals surface area contributed by atoms with Crippen LogP contribution in [0.4, 0.5) is 0 Å². The SMILES string of the molecule is CC(=O)CC1(C=O)CCN(Cc2ccccc2)CC1. The van der Waals surface area contributed by atoms with Crippen LogP contribution >= 0.6 is 0 Å². The molecule has 0 bridgehead atoms. The molecule has 19 heavy (non-hydrogen) atoms. The number of nitrogens with zero attached hydrogens (tertiary/aromatic N) is 1. The van der Waals surface area contributed by atoms with E-state index in [1.165, 1.54) is 5.56 Å². The van der Waals surface area contributed by atoms with Gasteiger partial charge in [-0.2, -0.15) is 0 Å². The average Bonchev–Trinajstić information content (AvgIpc) is 2.42. The molecule has 1 aromatic rings. The zero-order valence-corrected chi connectivity index (χ0v) is 11.5. The Labute approximate surface area is 114 Å². The maximum absolute atomic E-state index is 11.3. The van der Waals surface area contributed by atoms with Crippen molar-refractivity contribution >= 4 is 12.1 Å². The lowest BCUT2D eigenvalue weighted by molar-refractivity contribution is -0.127. The van der Waals surface area contributed by atoms with Gasteiger partial charge in [-0.3, -0.25) is 9.69 Å². The third-order valence-electron chi connectivity index (χ3n) is 3.95. The van der Waals surface area contributed by atoms with Crippen molar-refractivity contribution in [2.45, 2.75) is 32.7 Å². The van der Waals surface area contributed by atoms with Crippen molar-refractivity contribution in [1.29, 1.82) is 0 Å². The number of carbonyl (C=O) groups is 2. The summed E-state index contributed by atoms with van der Waals surface area (Å²) in [6, 6.07) is 10.4. The number of hydrogen-bond acceptors (Lipinski definition) is 3. The first-order chi connectivity index (χ1) is 9.13. The Balaban J connectivity index is 1.91. The average molecular weight is 259 g/mol. The maximum atomic E-state index is 11.3. The molecule has 3 heteroatoms. The molecule has 1 aromatic carbocycles. The lowest BCUT2D eigenvalue weighted by Crippen LogP contribution is -2.41. The van der Waals surface area contributed by atoms with E-state index in [0.717, 1.165) is 38.8 Å². The fourth-order valence-corrected chi connectivity index (χ4v) is 2.83. The quantitative estimate of drug-likeness (QED) is 0.762. The molecule has 0 radical (unpaired) electrons. The minimum Gasteiger partial charge on any atom is -0.303 e. The number of benzene rings is 1. The van der Waals surface area contributed by atoms with Gasteiger partial charge in [0.2, 0.25) is 0 Å². The van der Waals surface area contributed by atoms with Gasteiger partial charge < -0.3 is 4.79 Å². The molecule has 1 aliphatic rings. The second-order valence-corrected chi connectivity index (χ2v) is 5.62. The number of aldehydes is 1. The van der Waals surface area contributed by atoms with Crippen molar-refractivity contribution < 1.29 is 9.59 Å². The Kier molecular flexibility index (Phi) is 4.48. The largest absolute Gasteiger partial charge is 0.303 e. The third kappa shape index (κ3) is 3.74. The lowest BCUT2D eigenvalue weighted by Gasteiger charge is -2.37. The predicted molar refractivity (Wildman–Crippen MR) is 74.7 cm³/mol. The molecule has 0 atom stereocenters. The van der Waals surface area contributed by atoms with Crippen molar-refractivity contribution in [3.05, 3.63) is 35.9 Å². The summed E-state index contributed by atoms with van der Waals surface area (Å²) in [5.41, 5.74) is 0.895. The molecule has 0 aliphatic carbocycles. The van der Waals surface area contributed by atoms with Gasteiger partial charge in [-0.1, -0.05) is 30.3 Å². The number of rotatable bonds is 5. The van der Waals surface area contributed by atoms with Crippen LogP contribution in [-0.2, 0) is 16.1 Å². The van der Waals surface area contributed by atoms with Crippen LogP contribution in [0.25, 0.3) is 0 Å². The van der Waals surface area contributed by atoms with E-state index in [9.17, 15) is 9.59 Å². The third-order valence-corrected chi connectivity index (χ3v) is 3.95. The molecule has 2 rings (SSSR count). The summed E-state index contributed by atoms with van der Waals surface area (Å²) in [6.45, 7) is 4.28. The highest BCUT2D eigenvalue weighted by atomic mass is 16.1. The molecule has 0 amide bonds. The Morgan fingerprint density at radius 1 is 1.26 bits per heavy atom. The summed E-state index contributed by atoms with van der Waals surface area (Å²) >= 11 is 0. The van der Waals surface area contributed by atoms with Crippen molar-refractivity contribution in [3.8, 4) is 0 Å². The second-order valence-electron chi connectivity index (χ2n) is 5.62. The zero-order valence-electron chi connectivity index (χ0n) is 11.5. The van der Waals surface area contributed by atoms with E-state index in [1.807, 2.05) is 18.2 Å². The van der Waals surface area contributed by atoms with Crippen LogP contribution in [-0.4, -0.2) is 30.1 Å². The molecule has 0 N–H and O–H groups in total. The van der Waals surface area contributed by atoms with Gasteiger partial charge in [0.1, 0.15) is 12.1 Å².